The van der Waals surface area contributed by atoms with Gasteiger partial charge in [-0.2, -0.15) is 0 Å². The summed E-state index contributed by atoms with van der Waals surface area (Å²) in [5.74, 6) is 0.619. The van der Waals surface area contributed by atoms with Crippen LogP contribution in [0.5, 0.6) is 0 Å². The van der Waals surface area contributed by atoms with E-state index in [2.05, 4.69) is 15.3 Å². The number of benzene rings is 1. The Bertz CT molecular complexity index is 527. The Morgan fingerprint density at radius 3 is 2.81 bits per heavy atom. The van der Waals surface area contributed by atoms with Crippen LogP contribution < -0.4 is 11.1 Å². The van der Waals surface area contributed by atoms with E-state index in [4.69, 9.17) is 5.73 Å². The van der Waals surface area contributed by atoms with Gasteiger partial charge >= 0.3 is 0 Å². The lowest BCUT2D eigenvalue weighted by atomic mass is 10.2. The maximum atomic E-state index is 13.1. The molecular formula is C11H13FN4. The van der Waals surface area contributed by atoms with Crippen LogP contribution in [0.1, 0.15) is 18.8 Å². The minimum absolute atomic E-state index is 0.0185. The van der Waals surface area contributed by atoms with E-state index in [1.807, 2.05) is 6.92 Å². The number of nitrogen functional groups attached to an aromatic ring is 1. The molecule has 84 valence electrons. The van der Waals surface area contributed by atoms with Crippen molar-refractivity contribution >= 4 is 16.7 Å². The number of nitrogens with one attached hydrogen (secondary N) is 1. The lowest BCUT2D eigenvalue weighted by molar-refractivity contribution is 0.612. The molecule has 2 aromatic rings. The molecule has 0 aliphatic carbocycles. The van der Waals surface area contributed by atoms with Gasteiger partial charge < -0.3 is 11.1 Å². The molecule has 0 radical (unpaired) electrons. The molecule has 0 fully saturated rings. The molecule has 1 heterocycles. The fourth-order valence-electron chi connectivity index (χ4n) is 1.47. The number of hydrogen-bond acceptors (Lipinski definition) is 4. The van der Waals surface area contributed by atoms with Crippen molar-refractivity contribution in [3.63, 3.8) is 0 Å². The van der Waals surface area contributed by atoms with Gasteiger partial charge in [0, 0.05) is 11.5 Å². The van der Waals surface area contributed by atoms with E-state index in [9.17, 15) is 4.39 Å². The van der Waals surface area contributed by atoms with E-state index in [1.54, 1.807) is 13.1 Å². The zero-order valence-corrected chi connectivity index (χ0v) is 9.16. The van der Waals surface area contributed by atoms with Crippen LogP contribution in [0.15, 0.2) is 18.2 Å². The molecule has 0 bridgehead atoms. The summed E-state index contributed by atoms with van der Waals surface area (Å²) in [4.78, 5) is 8.46. The van der Waals surface area contributed by atoms with Gasteiger partial charge in [0.1, 0.15) is 17.5 Å². The van der Waals surface area contributed by atoms with Gasteiger partial charge in [-0.3, -0.25) is 0 Å². The Labute approximate surface area is 92.7 Å². The molecule has 1 aromatic heterocycles. The van der Waals surface area contributed by atoms with Gasteiger partial charge in [0.05, 0.1) is 11.6 Å². The predicted octanol–water partition coefficient (Wildman–Crippen LogP) is 1.63. The molecule has 0 amide bonds. The van der Waals surface area contributed by atoms with E-state index in [0.29, 0.717) is 22.5 Å². The molecule has 16 heavy (non-hydrogen) atoms. The lowest BCUT2D eigenvalue weighted by Crippen LogP contribution is -2.16. The summed E-state index contributed by atoms with van der Waals surface area (Å²) in [6.07, 6.45) is 0. The molecule has 0 aliphatic heterocycles. The Kier molecular flexibility index (Phi) is 2.70. The third-order valence-corrected chi connectivity index (χ3v) is 2.53. The highest BCUT2D eigenvalue weighted by atomic mass is 19.1. The summed E-state index contributed by atoms with van der Waals surface area (Å²) in [7, 11) is 1.81. The zero-order valence-electron chi connectivity index (χ0n) is 9.16. The number of nitrogens with zero attached hydrogens (tertiary/aromatic N) is 2. The quantitative estimate of drug-likeness (QED) is 0.807. The third-order valence-electron chi connectivity index (χ3n) is 2.53. The molecule has 0 aliphatic rings. The van der Waals surface area contributed by atoms with Crippen LogP contribution in [-0.2, 0) is 0 Å². The highest BCUT2D eigenvalue weighted by molar-refractivity contribution is 5.87. The highest BCUT2D eigenvalue weighted by Gasteiger charge is 2.10. The first kappa shape index (κ1) is 10.8. The number of fused-ring (bicyclic) bond motifs is 1. The average molecular weight is 220 g/mol. The second-order valence-corrected chi connectivity index (χ2v) is 3.64. The molecule has 3 N–H and O–H groups in total. The summed E-state index contributed by atoms with van der Waals surface area (Å²) >= 11 is 0. The maximum Gasteiger partial charge on any atom is 0.148 e. The Hall–Kier alpha value is -1.75. The first-order valence-electron chi connectivity index (χ1n) is 5.01. The molecule has 1 atom stereocenters. The van der Waals surface area contributed by atoms with E-state index >= 15 is 0 Å². The minimum Gasteiger partial charge on any atom is -0.383 e. The molecule has 0 saturated heterocycles. The van der Waals surface area contributed by atoms with Gasteiger partial charge in [0.15, 0.2) is 0 Å². The number of hydrogen-bond donors (Lipinski definition) is 2. The van der Waals surface area contributed by atoms with Crippen molar-refractivity contribution in [1.29, 1.82) is 0 Å². The molecule has 1 aromatic carbocycles. The first-order valence-corrected chi connectivity index (χ1v) is 5.01. The maximum absolute atomic E-state index is 13.1. The fraction of sp³-hybridized carbons (Fsp3) is 0.273. The van der Waals surface area contributed by atoms with Crippen molar-refractivity contribution < 1.29 is 4.39 Å². The number of halogens is 1. The Morgan fingerprint density at radius 2 is 2.12 bits per heavy atom. The van der Waals surface area contributed by atoms with E-state index in [1.165, 1.54) is 12.1 Å². The first-order chi connectivity index (χ1) is 7.61. The number of aromatic nitrogens is 2. The monoisotopic (exact) mass is 220 g/mol. The Balaban J connectivity index is 2.65. The summed E-state index contributed by atoms with van der Waals surface area (Å²) in [6, 6.07) is 4.28. The molecule has 0 spiro atoms. The SMILES string of the molecule is CNC(C)c1nc(N)c2ccc(F)cc2n1. The summed E-state index contributed by atoms with van der Waals surface area (Å²) in [6.45, 7) is 1.92. The van der Waals surface area contributed by atoms with Crippen molar-refractivity contribution in [2.45, 2.75) is 13.0 Å². The van der Waals surface area contributed by atoms with E-state index in [-0.39, 0.29) is 11.9 Å². The van der Waals surface area contributed by atoms with Gasteiger partial charge in [0.2, 0.25) is 0 Å². The van der Waals surface area contributed by atoms with E-state index < -0.39 is 0 Å². The number of anilines is 1. The lowest BCUT2D eigenvalue weighted by Gasteiger charge is -2.10. The molecule has 0 saturated carbocycles. The summed E-state index contributed by atoms with van der Waals surface area (Å²) in [5.41, 5.74) is 6.33. The molecular weight excluding hydrogens is 207 g/mol. The van der Waals surface area contributed by atoms with Crippen molar-refractivity contribution in [1.82, 2.24) is 15.3 Å². The smallest absolute Gasteiger partial charge is 0.148 e. The second-order valence-electron chi connectivity index (χ2n) is 3.64. The molecule has 2 rings (SSSR count). The highest BCUT2D eigenvalue weighted by Crippen LogP contribution is 2.20. The molecule has 5 heteroatoms. The normalized spacial score (nSPS) is 12.9. The minimum atomic E-state index is -0.325. The van der Waals surface area contributed by atoms with Crippen LogP contribution in [0.3, 0.4) is 0 Å². The fourth-order valence-corrected chi connectivity index (χ4v) is 1.47. The van der Waals surface area contributed by atoms with Gasteiger partial charge in [0.25, 0.3) is 0 Å². The van der Waals surface area contributed by atoms with Gasteiger partial charge in [-0.1, -0.05) is 0 Å². The third kappa shape index (κ3) is 1.81. The molecule has 1 unspecified atom stereocenters. The van der Waals surface area contributed by atoms with Crippen molar-refractivity contribution in [2.75, 3.05) is 12.8 Å². The number of nitrogens with two attached hydrogens (primary N) is 1. The topological polar surface area (TPSA) is 63.8 Å². The zero-order chi connectivity index (χ0) is 11.7. The summed E-state index contributed by atoms with van der Waals surface area (Å²) in [5, 5.41) is 3.69. The number of rotatable bonds is 2. The van der Waals surface area contributed by atoms with Crippen molar-refractivity contribution in [3.8, 4) is 0 Å². The van der Waals surface area contributed by atoms with Crippen LogP contribution >= 0.6 is 0 Å². The van der Waals surface area contributed by atoms with Crippen LogP contribution in [-0.4, -0.2) is 17.0 Å². The van der Waals surface area contributed by atoms with Crippen LogP contribution in [0.2, 0.25) is 0 Å². The van der Waals surface area contributed by atoms with Crippen molar-refractivity contribution in [3.05, 3.63) is 29.8 Å². The Morgan fingerprint density at radius 1 is 1.38 bits per heavy atom. The van der Waals surface area contributed by atoms with Crippen LogP contribution in [0.4, 0.5) is 10.2 Å². The predicted molar refractivity (Wildman–Crippen MR) is 61.4 cm³/mol. The standard InChI is InChI=1S/C11H13FN4/c1-6(14-2)11-15-9-5-7(12)3-4-8(9)10(13)16-11/h3-6,14H,1-2H3,(H2,13,15,16). The summed E-state index contributed by atoms with van der Waals surface area (Å²) < 4.78 is 13.1. The van der Waals surface area contributed by atoms with E-state index in [0.717, 1.165) is 0 Å². The van der Waals surface area contributed by atoms with Crippen molar-refractivity contribution in [2.24, 2.45) is 0 Å². The van der Waals surface area contributed by atoms with Gasteiger partial charge in [-0.15, -0.1) is 0 Å². The second kappa shape index (κ2) is 4.02. The largest absolute Gasteiger partial charge is 0.383 e. The van der Waals surface area contributed by atoms with Crippen LogP contribution in [0.25, 0.3) is 10.9 Å². The van der Waals surface area contributed by atoms with Crippen LogP contribution in [0, 0.1) is 5.82 Å². The molecule has 4 nitrogen and oxygen atoms in total. The van der Waals surface area contributed by atoms with Gasteiger partial charge in [-0.25, -0.2) is 14.4 Å². The van der Waals surface area contributed by atoms with Gasteiger partial charge in [-0.05, 0) is 26.1 Å². The average Bonchev–Trinajstić information content (AvgIpc) is 2.27.